The number of hydrogen-bond donors (Lipinski definition) is 3. The molecule has 0 spiro atoms. The van der Waals surface area contributed by atoms with Gasteiger partial charge in [0.1, 0.15) is 12.7 Å². The Hall–Kier alpha value is -3.39. The van der Waals surface area contributed by atoms with Crippen LogP contribution in [0.1, 0.15) is 36.8 Å². The number of rotatable bonds is 11. The van der Waals surface area contributed by atoms with Gasteiger partial charge >= 0.3 is 12.1 Å². The summed E-state index contributed by atoms with van der Waals surface area (Å²) in [5.74, 6) is -1.47. The van der Waals surface area contributed by atoms with E-state index in [4.69, 9.17) is 14.6 Å². The zero-order chi connectivity index (χ0) is 23.8. The number of fused-ring (bicyclic) bond motifs is 3. The number of carboxylic acids is 1. The van der Waals surface area contributed by atoms with Crippen molar-refractivity contribution >= 4 is 18.0 Å². The number of ether oxygens (including phenoxy) is 2. The standard InChI is InChI=1S/C25H30N2O6/c1-16(13-23(28)29)14-27-24(30)22(32-2)11-12-26-25(31)33-15-21-19-9-5-3-7-17(19)18-8-4-6-10-20(18)21/h3-10,16,21-22H,11-15H2,1-2H3,(H,26,31)(H,27,30)(H,28,29). The fourth-order valence-corrected chi connectivity index (χ4v) is 4.07. The van der Waals surface area contributed by atoms with E-state index in [1.165, 1.54) is 7.11 Å². The second-order valence-electron chi connectivity index (χ2n) is 8.21. The van der Waals surface area contributed by atoms with E-state index in [1.807, 2.05) is 24.3 Å². The molecule has 0 saturated carbocycles. The molecule has 0 saturated heterocycles. The van der Waals surface area contributed by atoms with Crippen LogP contribution in [0.5, 0.6) is 0 Å². The number of alkyl carbamates (subject to hydrolysis) is 1. The molecule has 0 fully saturated rings. The lowest BCUT2D eigenvalue weighted by Gasteiger charge is -2.18. The number of carbonyl (C=O) groups is 3. The molecular formula is C25H30N2O6. The van der Waals surface area contributed by atoms with Crippen molar-refractivity contribution in [2.75, 3.05) is 26.8 Å². The van der Waals surface area contributed by atoms with Crippen LogP contribution in [0.15, 0.2) is 48.5 Å². The average Bonchev–Trinajstić information content (AvgIpc) is 3.12. The predicted octanol–water partition coefficient (Wildman–Crippen LogP) is 3.16. The smallest absolute Gasteiger partial charge is 0.407 e. The van der Waals surface area contributed by atoms with E-state index in [0.717, 1.165) is 22.3 Å². The summed E-state index contributed by atoms with van der Waals surface area (Å²) in [6.45, 7) is 2.41. The minimum atomic E-state index is -0.910. The Morgan fingerprint density at radius 2 is 1.61 bits per heavy atom. The number of carboxylic acid groups (broad SMARTS) is 1. The highest BCUT2D eigenvalue weighted by molar-refractivity contribution is 5.81. The number of amides is 2. The van der Waals surface area contributed by atoms with E-state index < -0.39 is 18.2 Å². The van der Waals surface area contributed by atoms with Crippen molar-refractivity contribution in [2.24, 2.45) is 5.92 Å². The van der Waals surface area contributed by atoms with Crippen molar-refractivity contribution in [3.05, 3.63) is 59.7 Å². The third-order valence-electron chi connectivity index (χ3n) is 5.74. The number of benzene rings is 2. The van der Waals surface area contributed by atoms with Crippen LogP contribution in [-0.2, 0) is 19.1 Å². The quantitative estimate of drug-likeness (QED) is 0.481. The predicted molar refractivity (Wildman–Crippen MR) is 123 cm³/mol. The summed E-state index contributed by atoms with van der Waals surface area (Å²) in [5, 5.41) is 14.1. The zero-order valence-corrected chi connectivity index (χ0v) is 18.9. The molecular weight excluding hydrogens is 424 g/mol. The van der Waals surface area contributed by atoms with Gasteiger partial charge in [0, 0.05) is 39.0 Å². The van der Waals surface area contributed by atoms with E-state index in [0.29, 0.717) is 0 Å². The minimum Gasteiger partial charge on any atom is -0.481 e. The summed E-state index contributed by atoms with van der Waals surface area (Å²) < 4.78 is 10.7. The monoisotopic (exact) mass is 454 g/mol. The Balaban J connectivity index is 1.44. The van der Waals surface area contributed by atoms with Gasteiger partial charge in [0.05, 0.1) is 0 Å². The third-order valence-corrected chi connectivity index (χ3v) is 5.74. The SMILES string of the molecule is COC(CCNC(=O)OCC1c2ccccc2-c2ccccc21)C(=O)NCC(C)CC(=O)O. The second kappa shape index (κ2) is 11.5. The Kier molecular flexibility index (Phi) is 8.43. The summed E-state index contributed by atoms with van der Waals surface area (Å²) in [5.41, 5.74) is 4.60. The van der Waals surface area contributed by atoms with Gasteiger partial charge in [-0.1, -0.05) is 55.5 Å². The molecule has 1 aliphatic carbocycles. The maximum absolute atomic E-state index is 12.3. The summed E-state index contributed by atoms with van der Waals surface area (Å²) in [6, 6.07) is 16.2. The van der Waals surface area contributed by atoms with Gasteiger partial charge in [0.25, 0.3) is 0 Å². The molecule has 0 heterocycles. The van der Waals surface area contributed by atoms with Gasteiger partial charge in [-0.2, -0.15) is 0 Å². The van der Waals surface area contributed by atoms with Crippen LogP contribution in [0.25, 0.3) is 11.1 Å². The Bertz CT molecular complexity index is 947. The fraction of sp³-hybridized carbons (Fsp3) is 0.400. The molecule has 2 unspecified atom stereocenters. The molecule has 1 aliphatic rings. The molecule has 176 valence electrons. The van der Waals surface area contributed by atoms with Gasteiger partial charge in [-0.3, -0.25) is 9.59 Å². The fourth-order valence-electron chi connectivity index (χ4n) is 4.07. The number of aliphatic carboxylic acids is 1. The largest absolute Gasteiger partial charge is 0.481 e. The number of hydrogen-bond acceptors (Lipinski definition) is 5. The van der Waals surface area contributed by atoms with Crippen LogP contribution in [0, 0.1) is 5.92 Å². The molecule has 0 aliphatic heterocycles. The van der Waals surface area contributed by atoms with E-state index >= 15 is 0 Å². The Morgan fingerprint density at radius 1 is 1.00 bits per heavy atom. The van der Waals surface area contributed by atoms with E-state index in [1.54, 1.807) is 6.92 Å². The molecule has 3 rings (SSSR count). The van der Waals surface area contributed by atoms with Crippen LogP contribution in [0.3, 0.4) is 0 Å². The van der Waals surface area contributed by atoms with Crippen molar-refractivity contribution in [1.29, 1.82) is 0 Å². The van der Waals surface area contributed by atoms with E-state index in [2.05, 4.69) is 34.9 Å². The molecule has 8 heteroatoms. The molecule has 2 atom stereocenters. The summed E-state index contributed by atoms with van der Waals surface area (Å²) in [6.07, 6.45) is -1.07. The molecule has 33 heavy (non-hydrogen) atoms. The maximum atomic E-state index is 12.3. The van der Waals surface area contributed by atoms with Crippen molar-refractivity contribution < 1.29 is 29.0 Å². The molecule has 8 nitrogen and oxygen atoms in total. The Labute approximate surface area is 193 Å². The van der Waals surface area contributed by atoms with Gasteiger partial charge in [-0.15, -0.1) is 0 Å². The molecule has 3 N–H and O–H groups in total. The molecule has 2 amide bonds. The molecule has 2 aromatic carbocycles. The molecule has 0 aromatic heterocycles. The Morgan fingerprint density at radius 3 is 2.18 bits per heavy atom. The van der Waals surface area contributed by atoms with Gasteiger partial charge in [-0.25, -0.2) is 4.79 Å². The van der Waals surface area contributed by atoms with Crippen LogP contribution < -0.4 is 10.6 Å². The molecule has 0 bridgehead atoms. The number of methoxy groups -OCH3 is 1. The highest BCUT2D eigenvalue weighted by Crippen LogP contribution is 2.44. The summed E-state index contributed by atoms with van der Waals surface area (Å²) in [7, 11) is 1.41. The minimum absolute atomic E-state index is 0.0200. The number of nitrogens with one attached hydrogen (secondary N) is 2. The zero-order valence-electron chi connectivity index (χ0n) is 18.9. The van der Waals surface area contributed by atoms with Crippen molar-refractivity contribution in [3.8, 4) is 11.1 Å². The van der Waals surface area contributed by atoms with Gasteiger partial charge < -0.3 is 25.2 Å². The average molecular weight is 455 g/mol. The van der Waals surface area contributed by atoms with Crippen LogP contribution >= 0.6 is 0 Å². The van der Waals surface area contributed by atoms with Gasteiger partial charge in [0.2, 0.25) is 5.91 Å². The first-order chi connectivity index (χ1) is 15.9. The van der Waals surface area contributed by atoms with Crippen LogP contribution in [0.2, 0.25) is 0 Å². The molecule has 0 radical (unpaired) electrons. The van der Waals surface area contributed by atoms with Crippen molar-refractivity contribution in [1.82, 2.24) is 10.6 Å². The normalized spacial score (nSPS) is 14.0. The lowest BCUT2D eigenvalue weighted by Crippen LogP contribution is -2.40. The number of carbonyl (C=O) groups excluding carboxylic acids is 2. The van der Waals surface area contributed by atoms with Crippen LogP contribution in [0.4, 0.5) is 4.79 Å². The topological polar surface area (TPSA) is 114 Å². The maximum Gasteiger partial charge on any atom is 0.407 e. The lowest BCUT2D eigenvalue weighted by molar-refractivity contribution is -0.138. The lowest BCUT2D eigenvalue weighted by atomic mass is 9.98. The summed E-state index contributed by atoms with van der Waals surface area (Å²) >= 11 is 0. The summed E-state index contributed by atoms with van der Waals surface area (Å²) in [4.78, 5) is 35.2. The third kappa shape index (κ3) is 6.32. The van der Waals surface area contributed by atoms with Crippen molar-refractivity contribution in [2.45, 2.75) is 31.8 Å². The first kappa shape index (κ1) is 24.3. The van der Waals surface area contributed by atoms with Crippen molar-refractivity contribution in [3.63, 3.8) is 0 Å². The molecule has 2 aromatic rings. The second-order valence-corrected chi connectivity index (χ2v) is 8.21. The first-order valence-electron chi connectivity index (χ1n) is 11.0. The highest BCUT2D eigenvalue weighted by atomic mass is 16.5. The first-order valence-corrected chi connectivity index (χ1v) is 11.0. The van der Waals surface area contributed by atoms with Gasteiger partial charge in [-0.05, 0) is 28.2 Å². The highest BCUT2D eigenvalue weighted by Gasteiger charge is 2.29. The van der Waals surface area contributed by atoms with E-state index in [9.17, 15) is 14.4 Å². The van der Waals surface area contributed by atoms with Crippen LogP contribution in [-0.4, -0.2) is 56.0 Å². The van der Waals surface area contributed by atoms with E-state index in [-0.39, 0.29) is 50.3 Å². The van der Waals surface area contributed by atoms with Gasteiger partial charge in [0.15, 0.2) is 0 Å².